The SMILES string of the molecule is CC1(C)OB(O[Si](OB2OC(C)(C)C(C)(C)O2)(c2ccccc2)c2ccccc2)OC1(C)C. The maximum Gasteiger partial charge on any atom is 0.631 e. The average molecular weight is 468 g/mol. The Morgan fingerprint density at radius 1 is 0.515 bits per heavy atom. The number of rotatable bonds is 6. The Bertz CT molecular complexity index is 856. The van der Waals surface area contributed by atoms with Crippen LogP contribution in [0.15, 0.2) is 60.7 Å². The Hall–Kier alpha value is -1.45. The highest BCUT2D eigenvalue weighted by Gasteiger charge is 2.61. The molecule has 6 nitrogen and oxygen atoms in total. The Labute approximate surface area is 199 Å². The van der Waals surface area contributed by atoms with E-state index in [1.54, 1.807) is 0 Å². The van der Waals surface area contributed by atoms with Crippen LogP contribution in [-0.4, -0.2) is 45.6 Å². The van der Waals surface area contributed by atoms with Gasteiger partial charge in [-0.1, -0.05) is 60.7 Å². The molecule has 0 N–H and O–H groups in total. The van der Waals surface area contributed by atoms with Crippen LogP contribution in [0, 0.1) is 0 Å². The van der Waals surface area contributed by atoms with E-state index in [1.165, 1.54) is 0 Å². The van der Waals surface area contributed by atoms with E-state index in [0.717, 1.165) is 10.4 Å². The van der Waals surface area contributed by atoms with Crippen LogP contribution >= 0.6 is 0 Å². The smallest absolute Gasteiger partial charge is 0.400 e. The molecule has 2 aliphatic heterocycles. The van der Waals surface area contributed by atoms with Gasteiger partial charge in [-0.05, 0) is 65.8 Å². The minimum Gasteiger partial charge on any atom is -0.400 e. The molecule has 0 saturated carbocycles. The minimum atomic E-state index is -3.43. The molecule has 0 bridgehead atoms. The predicted molar refractivity (Wildman–Crippen MR) is 132 cm³/mol. The van der Waals surface area contributed by atoms with Gasteiger partial charge in [0.2, 0.25) is 0 Å². The summed E-state index contributed by atoms with van der Waals surface area (Å²) < 4.78 is 38.5. The zero-order valence-electron chi connectivity index (χ0n) is 20.9. The topological polar surface area (TPSA) is 55.4 Å². The van der Waals surface area contributed by atoms with Gasteiger partial charge in [-0.2, -0.15) is 0 Å². The van der Waals surface area contributed by atoms with Gasteiger partial charge in [-0.3, -0.25) is 0 Å². The normalized spacial score (nSPS) is 23.2. The Kier molecular flexibility index (Phi) is 6.23. The van der Waals surface area contributed by atoms with Crippen LogP contribution in [0.5, 0.6) is 0 Å². The maximum absolute atomic E-state index is 6.75. The Morgan fingerprint density at radius 3 is 1.06 bits per heavy atom. The molecule has 2 saturated heterocycles. The molecule has 4 rings (SSSR count). The van der Waals surface area contributed by atoms with Crippen molar-refractivity contribution in [1.82, 2.24) is 0 Å². The third kappa shape index (κ3) is 4.48. The highest BCUT2D eigenvalue weighted by atomic mass is 28.4. The van der Waals surface area contributed by atoms with Crippen molar-refractivity contribution in [3.8, 4) is 0 Å². The summed E-state index contributed by atoms with van der Waals surface area (Å²) in [6.07, 6.45) is 0. The summed E-state index contributed by atoms with van der Waals surface area (Å²) in [4.78, 5) is 0. The quantitative estimate of drug-likeness (QED) is 0.606. The van der Waals surface area contributed by atoms with Crippen LogP contribution in [-0.2, 0) is 27.3 Å². The van der Waals surface area contributed by atoms with Crippen LogP contribution in [0.2, 0.25) is 0 Å². The van der Waals surface area contributed by atoms with Crippen molar-refractivity contribution in [3.05, 3.63) is 60.7 Å². The van der Waals surface area contributed by atoms with Gasteiger partial charge in [-0.15, -0.1) is 0 Å². The van der Waals surface area contributed by atoms with Crippen molar-refractivity contribution in [2.45, 2.75) is 77.8 Å². The molecule has 0 aromatic heterocycles. The van der Waals surface area contributed by atoms with Crippen LogP contribution in [0.4, 0.5) is 0 Å². The van der Waals surface area contributed by atoms with E-state index in [4.69, 9.17) is 27.3 Å². The average Bonchev–Trinajstić information content (AvgIpc) is 3.06. The van der Waals surface area contributed by atoms with Crippen molar-refractivity contribution in [2.24, 2.45) is 0 Å². The Balaban J connectivity index is 1.79. The monoisotopic (exact) mass is 468 g/mol. The molecule has 2 aliphatic rings. The van der Waals surface area contributed by atoms with Crippen molar-refractivity contribution in [2.75, 3.05) is 0 Å². The molecule has 176 valence electrons. The van der Waals surface area contributed by atoms with Crippen molar-refractivity contribution >= 4 is 33.6 Å². The van der Waals surface area contributed by atoms with Gasteiger partial charge in [0.15, 0.2) is 0 Å². The summed E-state index contributed by atoms with van der Waals surface area (Å²) >= 11 is 0. The molecular formula is C24H34B2O6Si. The third-order valence-electron chi connectivity index (χ3n) is 7.30. The lowest BCUT2D eigenvalue weighted by molar-refractivity contribution is 0.00578. The molecule has 2 aromatic carbocycles. The number of hydrogen-bond acceptors (Lipinski definition) is 6. The second kappa shape index (κ2) is 8.34. The van der Waals surface area contributed by atoms with E-state index in [0.29, 0.717) is 0 Å². The summed E-state index contributed by atoms with van der Waals surface area (Å²) in [5, 5.41) is 1.81. The fourth-order valence-corrected chi connectivity index (χ4v) is 6.66. The molecule has 9 heteroatoms. The van der Waals surface area contributed by atoms with Crippen LogP contribution in [0.1, 0.15) is 55.4 Å². The summed E-state index contributed by atoms with van der Waals surface area (Å²) in [5.41, 5.74) is -2.18. The van der Waals surface area contributed by atoms with E-state index >= 15 is 0 Å². The molecular weight excluding hydrogens is 434 g/mol. The van der Waals surface area contributed by atoms with Crippen molar-refractivity contribution in [1.29, 1.82) is 0 Å². The lowest BCUT2D eigenvalue weighted by Crippen LogP contribution is -2.68. The first kappa shape index (κ1) is 24.7. The van der Waals surface area contributed by atoms with Gasteiger partial charge in [0.25, 0.3) is 0 Å². The van der Waals surface area contributed by atoms with E-state index in [-0.39, 0.29) is 0 Å². The molecule has 0 amide bonds. The highest BCUT2D eigenvalue weighted by molar-refractivity contribution is 6.97. The minimum absolute atomic E-state index is 0.546. The van der Waals surface area contributed by atoms with Gasteiger partial charge < -0.3 is 27.3 Å². The molecule has 0 unspecified atom stereocenters. The predicted octanol–water partition coefficient (Wildman–Crippen LogP) is 3.45. The molecule has 33 heavy (non-hydrogen) atoms. The first-order chi connectivity index (χ1) is 15.3. The van der Waals surface area contributed by atoms with Crippen LogP contribution in [0.3, 0.4) is 0 Å². The Morgan fingerprint density at radius 2 is 0.788 bits per heavy atom. The summed E-state index contributed by atoms with van der Waals surface area (Å²) in [6, 6.07) is 19.9. The first-order valence-corrected chi connectivity index (χ1v) is 13.3. The first-order valence-electron chi connectivity index (χ1n) is 11.5. The van der Waals surface area contributed by atoms with Gasteiger partial charge in [0, 0.05) is 0 Å². The van der Waals surface area contributed by atoms with Gasteiger partial charge in [0.1, 0.15) is 0 Å². The summed E-state index contributed by atoms with van der Waals surface area (Å²) in [5.74, 6) is 0. The molecule has 0 radical (unpaired) electrons. The molecule has 2 fully saturated rings. The molecule has 0 spiro atoms. The molecule has 0 atom stereocenters. The zero-order valence-corrected chi connectivity index (χ0v) is 21.9. The largest absolute Gasteiger partial charge is 0.631 e. The lowest BCUT2D eigenvalue weighted by Gasteiger charge is -2.33. The highest BCUT2D eigenvalue weighted by Crippen LogP contribution is 2.40. The van der Waals surface area contributed by atoms with E-state index in [2.05, 4.69) is 0 Å². The fraction of sp³-hybridized carbons (Fsp3) is 0.500. The van der Waals surface area contributed by atoms with Gasteiger partial charge in [0.05, 0.1) is 22.4 Å². The van der Waals surface area contributed by atoms with Crippen LogP contribution in [0.25, 0.3) is 0 Å². The molecule has 0 aliphatic carbocycles. The second-order valence-electron chi connectivity index (χ2n) is 10.7. The van der Waals surface area contributed by atoms with Crippen LogP contribution < -0.4 is 10.4 Å². The second-order valence-corrected chi connectivity index (χ2v) is 13.5. The number of benzene rings is 2. The third-order valence-corrected chi connectivity index (χ3v) is 10.5. The molecule has 2 aromatic rings. The van der Waals surface area contributed by atoms with E-state index in [1.807, 2.05) is 116 Å². The number of hydrogen-bond donors (Lipinski definition) is 0. The van der Waals surface area contributed by atoms with Crippen molar-refractivity contribution < 1.29 is 27.3 Å². The zero-order chi connectivity index (χ0) is 24.1. The van der Waals surface area contributed by atoms with E-state index in [9.17, 15) is 0 Å². The summed E-state index contributed by atoms with van der Waals surface area (Å²) in [6.45, 7) is 16.0. The standard InChI is InChI=1S/C24H34B2O6Si/c1-21(2)22(3,4)28-25(27-21)31-33(19-15-11-9-12-16-19,20-17-13-10-14-18-20)32-26-29-23(5,6)24(7,8)30-26/h9-18H,1-8H3. The molecule has 2 heterocycles. The fourth-order valence-electron chi connectivity index (χ4n) is 3.73. The van der Waals surface area contributed by atoms with Gasteiger partial charge >= 0.3 is 23.2 Å². The van der Waals surface area contributed by atoms with Crippen molar-refractivity contribution in [3.63, 3.8) is 0 Å². The van der Waals surface area contributed by atoms with E-state index < -0.39 is 45.6 Å². The summed E-state index contributed by atoms with van der Waals surface area (Å²) in [7, 11) is -5.25. The van der Waals surface area contributed by atoms with Gasteiger partial charge in [-0.25, -0.2) is 0 Å². The lowest BCUT2D eigenvalue weighted by atomic mass is 9.90. The maximum atomic E-state index is 6.75.